The number of terminal acetylenes is 1. The first-order valence-corrected chi connectivity index (χ1v) is 5.79. The van der Waals surface area contributed by atoms with E-state index in [1.807, 2.05) is 0 Å². The molecule has 1 rings (SSSR count). The lowest BCUT2D eigenvalue weighted by Crippen LogP contribution is -2.38. The number of nitrogens with one attached hydrogen (secondary N) is 1. The van der Waals surface area contributed by atoms with E-state index in [1.54, 1.807) is 18.0 Å². The van der Waals surface area contributed by atoms with Crippen molar-refractivity contribution >= 4 is 17.7 Å². The van der Waals surface area contributed by atoms with E-state index in [2.05, 4.69) is 16.3 Å². The van der Waals surface area contributed by atoms with Gasteiger partial charge in [-0.1, -0.05) is 5.92 Å². The minimum absolute atomic E-state index is 0.0874. The molecule has 0 aliphatic heterocycles. The molecule has 0 atom stereocenters. The van der Waals surface area contributed by atoms with Crippen molar-refractivity contribution in [3.63, 3.8) is 0 Å². The zero-order valence-corrected chi connectivity index (χ0v) is 11.1. The smallest absolute Gasteiger partial charge is 0.323 e. The summed E-state index contributed by atoms with van der Waals surface area (Å²) in [5.41, 5.74) is 0.457. The van der Waals surface area contributed by atoms with Gasteiger partial charge in [0.2, 0.25) is 0 Å². The predicted octanol–water partition coefficient (Wildman–Crippen LogP) is 0.0812. The highest BCUT2D eigenvalue weighted by Crippen LogP contribution is 2.06. The molecule has 0 fully saturated rings. The molecule has 1 aromatic heterocycles. The molecule has 0 saturated heterocycles. The first-order chi connectivity index (χ1) is 9.56. The number of aromatic nitrogens is 2. The number of carboxylic acids is 1. The Morgan fingerprint density at radius 1 is 1.65 bits per heavy atom. The number of anilines is 1. The van der Waals surface area contributed by atoms with Crippen LogP contribution in [-0.2, 0) is 16.1 Å². The van der Waals surface area contributed by atoms with Crippen molar-refractivity contribution in [1.29, 1.82) is 0 Å². The topological polar surface area (TPSA) is 96.7 Å². The van der Waals surface area contributed by atoms with Crippen molar-refractivity contribution in [3.05, 3.63) is 12.4 Å². The molecular weight excluding hydrogens is 264 g/mol. The van der Waals surface area contributed by atoms with Gasteiger partial charge in [-0.05, 0) is 0 Å². The van der Waals surface area contributed by atoms with Gasteiger partial charge in [-0.25, -0.2) is 4.79 Å². The van der Waals surface area contributed by atoms with Crippen molar-refractivity contribution in [2.45, 2.75) is 6.54 Å². The van der Waals surface area contributed by atoms with Crippen LogP contribution in [0.4, 0.5) is 10.5 Å². The fraction of sp³-hybridized carbons (Fsp3) is 0.417. The Labute approximate surface area is 116 Å². The molecule has 0 spiro atoms. The van der Waals surface area contributed by atoms with E-state index in [9.17, 15) is 9.59 Å². The maximum atomic E-state index is 11.9. The van der Waals surface area contributed by atoms with E-state index in [-0.39, 0.29) is 6.54 Å². The first-order valence-electron chi connectivity index (χ1n) is 5.79. The molecular formula is C12H16N4O4. The number of urea groups is 1. The highest BCUT2D eigenvalue weighted by atomic mass is 16.5. The molecule has 0 radical (unpaired) electrons. The molecule has 108 valence electrons. The summed E-state index contributed by atoms with van der Waals surface area (Å²) in [6.45, 7) is 0.497. The van der Waals surface area contributed by atoms with E-state index in [0.29, 0.717) is 18.8 Å². The molecule has 1 heterocycles. The number of carbonyl (C=O) groups excluding carboxylic acids is 1. The summed E-state index contributed by atoms with van der Waals surface area (Å²) < 4.78 is 6.51. The molecule has 0 aromatic carbocycles. The third kappa shape index (κ3) is 4.99. The van der Waals surface area contributed by atoms with Crippen LogP contribution in [0.1, 0.15) is 0 Å². The van der Waals surface area contributed by atoms with Crippen molar-refractivity contribution in [2.24, 2.45) is 0 Å². The van der Waals surface area contributed by atoms with Gasteiger partial charge in [0.25, 0.3) is 0 Å². The number of amides is 2. The number of ether oxygens (including phenoxy) is 1. The van der Waals surface area contributed by atoms with Crippen molar-refractivity contribution in [2.75, 3.05) is 32.1 Å². The fourth-order valence-corrected chi connectivity index (χ4v) is 1.41. The largest absolute Gasteiger partial charge is 0.480 e. The molecule has 2 amide bonds. The van der Waals surface area contributed by atoms with Gasteiger partial charge >= 0.3 is 12.0 Å². The number of methoxy groups -OCH3 is 1. The highest BCUT2D eigenvalue weighted by molar-refractivity contribution is 5.91. The molecule has 0 aliphatic rings. The lowest BCUT2D eigenvalue weighted by atomic mass is 10.5. The Bertz CT molecular complexity index is 506. The Morgan fingerprint density at radius 3 is 3.00 bits per heavy atom. The first kappa shape index (κ1) is 15.5. The summed E-state index contributed by atoms with van der Waals surface area (Å²) >= 11 is 0. The molecule has 0 aliphatic carbocycles. The lowest BCUT2D eigenvalue weighted by Gasteiger charge is -2.17. The van der Waals surface area contributed by atoms with Gasteiger partial charge in [0.1, 0.15) is 6.54 Å². The van der Waals surface area contributed by atoms with E-state index in [4.69, 9.17) is 16.3 Å². The number of nitrogens with zero attached hydrogens (tertiary/aromatic N) is 3. The van der Waals surface area contributed by atoms with E-state index in [0.717, 1.165) is 4.90 Å². The number of rotatable bonds is 7. The number of carboxylic acid groups (broad SMARTS) is 1. The predicted molar refractivity (Wildman–Crippen MR) is 71.2 cm³/mol. The van der Waals surface area contributed by atoms with E-state index < -0.39 is 18.5 Å². The second-order valence-corrected chi connectivity index (χ2v) is 3.87. The second-order valence-electron chi connectivity index (χ2n) is 3.87. The number of hydrogen-bond donors (Lipinski definition) is 2. The van der Waals surface area contributed by atoms with Crippen LogP contribution in [-0.4, -0.2) is 58.6 Å². The van der Waals surface area contributed by atoms with Gasteiger partial charge in [0, 0.05) is 13.3 Å². The summed E-state index contributed by atoms with van der Waals surface area (Å²) in [4.78, 5) is 23.5. The number of hydrogen-bond acceptors (Lipinski definition) is 4. The Hall–Kier alpha value is -2.53. The van der Waals surface area contributed by atoms with Crippen LogP contribution in [0.3, 0.4) is 0 Å². The molecule has 0 bridgehead atoms. The average molecular weight is 280 g/mol. The molecule has 8 heteroatoms. The maximum absolute atomic E-state index is 11.9. The van der Waals surface area contributed by atoms with E-state index in [1.165, 1.54) is 6.20 Å². The van der Waals surface area contributed by atoms with Gasteiger partial charge in [0.15, 0.2) is 0 Å². The van der Waals surface area contributed by atoms with Gasteiger partial charge in [0.05, 0.1) is 31.6 Å². The minimum Gasteiger partial charge on any atom is -0.480 e. The summed E-state index contributed by atoms with van der Waals surface area (Å²) in [6.07, 6.45) is 8.18. The fourth-order valence-electron chi connectivity index (χ4n) is 1.41. The Morgan fingerprint density at radius 2 is 2.40 bits per heavy atom. The summed E-state index contributed by atoms with van der Waals surface area (Å²) in [7, 11) is 1.58. The third-order valence-corrected chi connectivity index (χ3v) is 2.30. The summed E-state index contributed by atoms with van der Waals surface area (Å²) in [5.74, 6) is 1.10. The standard InChI is InChI=1S/C12H16N4O4/c1-3-4-15(9-11(17)18)12(19)14-10-7-13-16(8-10)5-6-20-2/h1,7-8H,4-6,9H2,2H3,(H,14,19)(H,17,18). The lowest BCUT2D eigenvalue weighted by molar-refractivity contribution is -0.137. The van der Waals surface area contributed by atoms with Crippen LogP contribution >= 0.6 is 0 Å². The Kier molecular flexibility index (Phi) is 6.06. The molecule has 1 aromatic rings. The van der Waals surface area contributed by atoms with Crippen LogP contribution in [0.5, 0.6) is 0 Å². The van der Waals surface area contributed by atoms with E-state index >= 15 is 0 Å². The minimum atomic E-state index is -1.13. The normalized spacial score (nSPS) is 9.80. The Balaban J connectivity index is 2.61. The van der Waals surface area contributed by atoms with Crippen LogP contribution in [0.15, 0.2) is 12.4 Å². The summed E-state index contributed by atoms with van der Waals surface area (Å²) in [6, 6.07) is -0.586. The van der Waals surface area contributed by atoms with Crippen LogP contribution < -0.4 is 5.32 Å². The van der Waals surface area contributed by atoms with Gasteiger partial charge in [-0.2, -0.15) is 5.10 Å². The second kappa shape index (κ2) is 7.81. The van der Waals surface area contributed by atoms with Gasteiger partial charge in [-0.3, -0.25) is 9.48 Å². The molecule has 8 nitrogen and oxygen atoms in total. The SMILES string of the molecule is C#CCN(CC(=O)O)C(=O)Nc1cnn(CCOC)c1. The number of carbonyl (C=O) groups is 2. The molecule has 0 saturated carbocycles. The van der Waals surface area contributed by atoms with Gasteiger partial charge < -0.3 is 20.1 Å². The maximum Gasteiger partial charge on any atom is 0.323 e. The van der Waals surface area contributed by atoms with Crippen molar-refractivity contribution in [3.8, 4) is 12.3 Å². The van der Waals surface area contributed by atoms with Crippen molar-refractivity contribution < 1.29 is 19.4 Å². The highest BCUT2D eigenvalue weighted by Gasteiger charge is 2.16. The number of aliphatic carboxylic acids is 1. The van der Waals surface area contributed by atoms with Crippen molar-refractivity contribution in [1.82, 2.24) is 14.7 Å². The average Bonchev–Trinajstić information content (AvgIpc) is 2.83. The molecule has 0 unspecified atom stereocenters. The zero-order valence-electron chi connectivity index (χ0n) is 11.1. The van der Waals surface area contributed by atoms with Crippen LogP contribution in [0, 0.1) is 12.3 Å². The monoisotopic (exact) mass is 280 g/mol. The quantitative estimate of drug-likeness (QED) is 0.689. The van der Waals surface area contributed by atoms with Gasteiger partial charge in [-0.15, -0.1) is 6.42 Å². The molecule has 2 N–H and O–H groups in total. The third-order valence-electron chi connectivity index (χ3n) is 2.30. The zero-order chi connectivity index (χ0) is 15.0. The molecule has 20 heavy (non-hydrogen) atoms. The summed E-state index contributed by atoms with van der Waals surface area (Å²) in [5, 5.41) is 15.3. The van der Waals surface area contributed by atoms with Crippen LogP contribution in [0.2, 0.25) is 0 Å². The van der Waals surface area contributed by atoms with Crippen LogP contribution in [0.25, 0.3) is 0 Å².